The monoisotopic (exact) mass is 1470 g/mol. The number of aromatic hydroxyl groups is 1. The molecule has 2 saturated heterocycles. The van der Waals surface area contributed by atoms with Gasteiger partial charge in [0.15, 0.2) is 0 Å². The van der Waals surface area contributed by atoms with Crippen molar-refractivity contribution in [2.45, 2.75) is 195 Å². The zero-order valence-electron chi connectivity index (χ0n) is 57.3. The summed E-state index contributed by atoms with van der Waals surface area (Å²) in [6, 6.07) is -3.27. The number of nitrogens with two attached hydrogens (primary N) is 1. The molecule has 101 heavy (non-hydrogen) atoms. The van der Waals surface area contributed by atoms with Gasteiger partial charge >= 0.3 is 0 Å². The highest BCUT2D eigenvalue weighted by molar-refractivity contribution is 7.99. The number of fused-ring (bicyclic) bond motifs is 7. The molecule has 0 aliphatic carbocycles. The molecular weight excluding hydrogens is 1370 g/mol. The first-order chi connectivity index (χ1) is 48.3. The van der Waals surface area contributed by atoms with Gasteiger partial charge in [-0.15, -0.1) is 0 Å². The van der Waals surface area contributed by atoms with E-state index in [0.717, 1.165) is 19.1 Å². The quantitative estimate of drug-likeness (QED) is 0.0718. The molecular formula is C67H96N13O18S3-. The Kier molecular flexibility index (Phi) is 34.0. The molecule has 4 aliphatic heterocycles. The van der Waals surface area contributed by atoms with Crippen LogP contribution in [0.25, 0.3) is 0 Å². The third-order valence-electron chi connectivity index (χ3n) is 17.2. The van der Waals surface area contributed by atoms with Gasteiger partial charge in [-0.05, 0) is 155 Å². The molecule has 0 saturated carbocycles. The number of hydrogen-bond acceptors (Lipinski definition) is 22. The first-order valence-corrected chi connectivity index (χ1v) is 37.9. The van der Waals surface area contributed by atoms with Crippen LogP contribution in [0.15, 0.2) is 47.6 Å². The number of carbonyl (C=O) groups is 13. The number of benzene rings is 2. The first-order valence-electron chi connectivity index (χ1n) is 34.2. The van der Waals surface area contributed by atoms with Crippen molar-refractivity contribution < 1.29 is 93.0 Å². The minimum atomic E-state index is -1.90. The van der Waals surface area contributed by atoms with Crippen LogP contribution in [0.5, 0.6) is 11.5 Å². The van der Waals surface area contributed by atoms with E-state index in [1.54, 1.807) is 26.2 Å². The highest BCUT2D eigenvalue weighted by Gasteiger charge is 2.43. The molecule has 556 valence electrons. The molecule has 11 amide bonds. The van der Waals surface area contributed by atoms with Gasteiger partial charge in [-0.2, -0.15) is 35.3 Å². The number of unbranched alkanes of at least 4 members (excludes halogenated alkanes) is 1. The molecule has 2 aromatic carbocycles. The van der Waals surface area contributed by atoms with Gasteiger partial charge in [0, 0.05) is 60.9 Å². The molecule has 0 radical (unpaired) electrons. The van der Waals surface area contributed by atoms with Gasteiger partial charge in [-0.3, -0.25) is 52.7 Å². The number of ether oxygens (including phenoxy) is 1. The van der Waals surface area contributed by atoms with Crippen LogP contribution >= 0.6 is 35.3 Å². The Morgan fingerprint density at radius 3 is 1.83 bits per heavy atom. The summed E-state index contributed by atoms with van der Waals surface area (Å²) < 4.78 is 6.29. The van der Waals surface area contributed by atoms with Gasteiger partial charge in [-0.1, -0.05) is 37.2 Å². The highest BCUT2D eigenvalue weighted by Crippen LogP contribution is 2.28. The molecule has 4 heterocycles. The number of carboxylic acid groups (broad SMARTS) is 2. The Bertz CT molecular complexity index is 3240. The lowest BCUT2D eigenvalue weighted by Gasteiger charge is -2.32. The maximum atomic E-state index is 15.2. The Labute approximate surface area is 599 Å². The molecule has 31 nitrogen and oxygen atoms in total. The van der Waals surface area contributed by atoms with Gasteiger partial charge < -0.3 is 98.3 Å². The molecule has 10 atom stereocenters. The van der Waals surface area contributed by atoms with Crippen LogP contribution in [0.1, 0.15) is 133 Å². The predicted octanol–water partition coefficient (Wildman–Crippen LogP) is -2.70. The molecule has 14 N–H and O–H groups in total. The second kappa shape index (κ2) is 42.1. The third-order valence-corrected chi connectivity index (χ3v) is 20.1. The average molecular weight is 1470 g/mol. The molecule has 4 bridgehead atoms. The second-order valence-electron chi connectivity index (χ2n) is 25.7. The summed E-state index contributed by atoms with van der Waals surface area (Å²) >= 11 is 3.75. The number of thioether (sulfide) groups is 3. The number of oxime groups is 1. The Morgan fingerprint density at radius 1 is 0.644 bits per heavy atom. The van der Waals surface area contributed by atoms with E-state index >= 15 is 4.79 Å². The number of aliphatic carboxylic acids is 2. The van der Waals surface area contributed by atoms with E-state index < -0.39 is 157 Å². The van der Waals surface area contributed by atoms with Crippen molar-refractivity contribution >= 4 is 118 Å². The van der Waals surface area contributed by atoms with Gasteiger partial charge in [-0.25, -0.2) is 0 Å². The lowest BCUT2D eigenvalue weighted by atomic mass is 10.0. The van der Waals surface area contributed by atoms with Crippen LogP contribution in [0.3, 0.4) is 0 Å². The van der Waals surface area contributed by atoms with Crippen LogP contribution in [0, 0.1) is 5.92 Å². The maximum Gasteiger partial charge on any atom is 0.266 e. The number of carboxylic acids is 2. The van der Waals surface area contributed by atoms with Crippen molar-refractivity contribution in [3.05, 3.63) is 59.2 Å². The fourth-order valence-corrected chi connectivity index (χ4v) is 14.4. The number of primary amides is 1. The number of amides is 11. The second-order valence-corrected chi connectivity index (χ2v) is 28.8. The SMILES string of the molecule is CSCC[C@@H]1NC(=O)[C@H](CC(=O)[O-])NC(=O)[C@H](CC(C)C)NC(=O)[C@@H]2CCCN2C(=O)[C@@H]2CSCc3cc(cc(c3)OCCCCCCO/N=C/C(=O)N[C@@H](CCCC[NH3+])C(=O)N2)CSC[C@@H](C(N)=O)NC(=O)[C@H](CCC(=O)[O-])NC(=O)[C@H](Cc2ccc(O)cc2)NC(=O)[C@@H]2CCCN2C1=O. The van der Waals surface area contributed by atoms with Crippen LogP contribution in [0.2, 0.25) is 0 Å². The molecule has 34 heteroatoms. The van der Waals surface area contributed by atoms with Gasteiger partial charge in [0.05, 0.1) is 13.2 Å². The Morgan fingerprint density at radius 2 is 1.21 bits per heavy atom. The zero-order valence-corrected chi connectivity index (χ0v) is 59.7. The smallest absolute Gasteiger partial charge is 0.266 e. The van der Waals surface area contributed by atoms with E-state index in [2.05, 4.69) is 53.4 Å². The van der Waals surface area contributed by atoms with Crippen LogP contribution in [0.4, 0.5) is 0 Å². The van der Waals surface area contributed by atoms with Crippen molar-refractivity contribution in [2.24, 2.45) is 16.8 Å². The number of carbonyl (C=O) groups excluding carboxylic acids is 13. The van der Waals surface area contributed by atoms with Crippen molar-refractivity contribution in [1.82, 2.24) is 52.3 Å². The first kappa shape index (κ1) is 81.6. The van der Waals surface area contributed by atoms with Crippen molar-refractivity contribution in [1.29, 1.82) is 0 Å². The number of quaternary nitrogens is 1. The van der Waals surface area contributed by atoms with Crippen LogP contribution in [-0.4, -0.2) is 215 Å². The van der Waals surface area contributed by atoms with E-state index in [-0.39, 0.29) is 105 Å². The topological polar surface area (TPSA) is 475 Å². The molecule has 2 fully saturated rings. The van der Waals surface area contributed by atoms with E-state index in [0.29, 0.717) is 67.7 Å². The third kappa shape index (κ3) is 27.2. The zero-order chi connectivity index (χ0) is 73.5. The summed E-state index contributed by atoms with van der Waals surface area (Å²) in [6.07, 6.45) is 4.60. The number of nitrogens with one attached hydrogen (secondary N) is 8. The number of phenols is 1. The summed E-state index contributed by atoms with van der Waals surface area (Å²) in [4.78, 5) is 190. The van der Waals surface area contributed by atoms with E-state index in [1.165, 1.54) is 69.4 Å². The maximum absolute atomic E-state index is 15.2. The van der Waals surface area contributed by atoms with Crippen molar-refractivity contribution in [3.8, 4) is 11.5 Å². The van der Waals surface area contributed by atoms with Gasteiger partial charge in [0.25, 0.3) is 5.91 Å². The van der Waals surface area contributed by atoms with E-state index in [1.807, 2.05) is 12.1 Å². The molecule has 0 spiro atoms. The lowest BCUT2D eigenvalue weighted by molar-refractivity contribution is -0.368. The number of rotatable bonds is 17. The minimum absolute atomic E-state index is 0.0256. The Hall–Kier alpha value is -8.37. The van der Waals surface area contributed by atoms with Crippen molar-refractivity contribution in [3.63, 3.8) is 0 Å². The molecule has 2 aromatic rings. The van der Waals surface area contributed by atoms with E-state index in [4.69, 9.17) is 15.3 Å². The minimum Gasteiger partial charge on any atom is -0.550 e. The highest BCUT2D eigenvalue weighted by atomic mass is 32.2. The largest absolute Gasteiger partial charge is 0.550 e. The average Bonchev–Trinajstić information content (AvgIpc) is 1.71. The summed E-state index contributed by atoms with van der Waals surface area (Å²) in [5.74, 6) is -12.4. The molecule has 4 aliphatic rings. The molecule has 0 unspecified atom stereocenters. The van der Waals surface area contributed by atoms with Gasteiger partial charge in [0.2, 0.25) is 59.1 Å². The van der Waals surface area contributed by atoms with Crippen LogP contribution in [-0.2, 0) is 85.1 Å². The number of nitrogens with zero attached hydrogens (tertiary/aromatic N) is 3. The standard InChI is InChI=1S/C67H97N13O18S3/c1-39(2)28-48-61(90)74-50(33-57(85)86)63(92)73-47(21-27-99-3)66(95)79-23-10-13-53(79)65(94)76-49(32-40-15-17-43(81)18-16-40)62(91)72-46(19-20-56(83)84)60(89)77-51(58(69)87)37-100-35-41-29-42-31-44(30-41)97-25-8-4-5-9-26-98-70-34-55(82)71-45(12-6-7-22-68)59(88)78-52(38-101-36-42)67(96)80-24-11-14-54(80)64(93)75-48/h15-18,29-31,34,39,45-54,81H,4-14,19-28,32-33,35-38,68H2,1-3H3,(H2,69,87)(H,71,82)(H,72,91)(H,73,92)(H,74,90)(H,75,93)(H,76,94)(H,77,89)(H,78,88)(H,83,84)(H,85,86)/p-1/b70-34+/t45-,46-,47-,48-,49-,50-,51-,52-,53-,54-/m0/s1. The van der Waals surface area contributed by atoms with Crippen LogP contribution < -0.4 is 69.0 Å². The van der Waals surface area contributed by atoms with E-state index in [9.17, 15) is 72.9 Å². The normalized spacial score (nSPS) is 25.6. The summed E-state index contributed by atoms with van der Waals surface area (Å²) in [7, 11) is 0. The predicted molar refractivity (Wildman–Crippen MR) is 371 cm³/mol. The van der Waals surface area contributed by atoms with Crippen molar-refractivity contribution in [2.75, 3.05) is 56.4 Å². The number of phenolic OH excluding ortho intramolecular Hbond substituents is 1. The lowest BCUT2D eigenvalue weighted by Crippen LogP contribution is -2.61. The number of hydrogen-bond donors (Lipinski definition) is 11. The Balaban J connectivity index is 1.42. The van der Waals surface area contributed by atoms with Gasteiger partial charge in [0.1, 0.15) is 84.7 Å². The molecule has 6 rings (SSSR count). The summed E-state index contributed by atoms with van der Waals surface area (Å²) in [5, 5.41) is 59.3. The fourth-order valence-electron chi connectivity index (χ4n) is 12.0. The summed E-state index contributed by atoms with van der Waals surface area (Å²) in [5.41, 5.74) is 11.6. The fraction of sp³-hybridized carbons (Fsp3) is 0.612. The summed E-state index contributed by atoms with van der Waals surface area (Å²) in [6.45, 7) is 4.57. The molecule has 0 aromatic heterocycles.